The number of rotatable bonds is 0. The molecule has 0 aromatic heterocycles. The smallest absolute Gasteiger partial charge is 0.418 e. The first-order chi connectivity index (χ1) is 4.00. The van der Waals surface area contributed by atoms with Gasteiger partial charge in [0.25, 0.3) is 0 Å². The van der Waals surface area contributed by atoms with Gasteiger partial charge in [-0.05, 0) is 0 Å². The summed E-state index contributed by atoms with van der Waals surface area (Å²) in [4.78, 5) is 0. The van der Waals surface area contributed by atoms with Gasteiger partial charge in [-0.2, -0.15) is 0 Å². The van der Waals surface area contributed by atoms with E-state index < -0.39 is 14.5 Å². The van der Waals surface area contributed by atoms with Crippen molar-refractivity contribution in [1.82, 2.24) is 36.9 Å². The maximum absolute atomic E-state index is 9.75. The second kappa shape index (κ2) is 24.9. The molecule has 0 unspecified atom stereocenters. The van der Waals surface area contributed by atoms with Crippen LogP contribution in [0, 0.1) is 0 Å². The summed E-state index contributed by atoms with van der Waals surface area (Å²) in [5, 5.41) is 0. The molecule has 0 heterocycles. The minimum Gasteiger partial charge on any atom is -0.418 e. The van der Waals surface area contributed by atoms with Crippen molar-refractivity contribution in [2.24, 2.45) is 0 Å². The molecule has 0 rings (SSSR count). The molecule has 18 N–H and O–H groups in total. The van der Waals surface area contributed by atoms with Gasteiger partial charge < -0.3 is 71.4 Å². The van der Waals surface area contributed by atoms with Crippen molar-refractivity contribution >= 4 is 14.5 Å². The van der Waals surface area contributed by atoms with Gasteiger partial charge in [-0.25, -0.2) is 0 Å². The van der Waals surface area contributed by atoms with E-state index >= 15 is 0 Å². The third-order valence-corrected chi connectivity index (χ3v) is 0. The molecular weight excluding hydrogens is 316 g/mol. The largest absolute Gasteiger partial charge is 2.00 e. The van der Waals surface area contributed by atoms with Crippen LogP contribution in [-0.4, -0.2) is 14.5 Å². The zero-order valence-corrected chi connectivity index (χ0v) is 9.72. The predicted octanol–water partition coefficient (Wildman–Crippen LogP) is 3.57. The van der Waals surface area contributed by atoms with Crippen LogP contribution < -0.4 is 36.9 Å². The standard InChI is InChI=1S/2BF4.6H3N.Ni/c2*2-1(3,4)5;;;;;;;/h;;6*1H3;/q2*-1;;;;;;;+2. The molecule has 0 spiro atoms. The van der Waals surface area contributed by atoms with E-state index in [-0.39, 0.29) is 53.4 Å². The summed E-state index contributed by atoms with van der Waals surface area (Å²) < 4.78 is 78.0. The van der Waals surface area contributed by atoms with E-state index in [1.807, 2.05) is 0 Å². The van der Waals surface area contributed by atoms with Crippen molar-refractivity contribution < 1.29 is 51.0 Å². The average Bonchev–Trinajstić information content (AvgIpc) is 1.12. The Labute approximate surface area is 103 Å². The fourth-order valence-electron chi connectivity index (χ4n) is 0. The Morgan fingerprint density at radius 2 is 0.353 bits per heavy atom. The molecule has 6 nitrogen and oxygen atoms in total. The molecular formula is H18B2F8N6Ni. The van der Waals surface area contributed by atoms with E-state index in [9.17, 15) is 34.5 Å². The third kappa shape index (κ3) is 96900. The SMILES string of the molecule is F[B-](F)(F)F.F[B-](F)(F)F.N.N.N.N.N.N.[Ni+2]. The number of hydrogen-bond acceptors (Lipinski definition) is 6. The molecule has 0 aliphatic carbocycles. The van der Waals surface area contributed by atoms with Crippen LogP contribution in [0.2, 0.25) is 0 Å². The predicted molar refractivity (Wildman–Crippen MR) is 50.5 cm³/mol. The maximum atomic E-state index is 9.75. The van der Waals surface area contributed by atoms with Gasteiger partial charge in [0.1, 0.15) is 0 Å². The molecule has 0 saturated carbocycles. The van der Waals surface area contributed by atoms with Crippen molar-refractivity contribution in [2.45, 2.75) is 0 Å². The van der Waals surface area contributed by atoms with Crippen LogP contribution in [0.25, 0.3) is 0 Å². The van der Waals surface area contributed by atoms with E-state index in [0.29, 0.717) is 0 Å². The molecule has 0 bridgehead atoms. The second-order valence-electron chi connectivity index (χ2n) is 0.990. The Hall–Kier alpha value is -0.177. The van der Waals surface area contributed by atoms with Gasteiger partial charge in [0.05, 0.1) is 0 Å². The summed E-state index contributed by atoms with van der Waals surface area (Å²) in [6.45, 7) is 0. The Kier molecular flexibility index (Phi) is 101. The molecule has 17 heavy (non-hydrogen) atoms. The van der Waals surface area contributed by atoms with Gasteiger partial charge >= 0.3 is 31.0 Å². The summed E-state index contributed by atoms with van der Waals surface area (Å²) in [5.41, 5.74) is 0. The van der Waals surface area contributed by atoms with Crippen LogP contribution in [0.4, 0.5) is 34.5 Å². The zero-order valence-electron chi connectivity index (χ0n) is 8.74. The zero-order chi connectivity index (χ0) is 9.00. The first-order valence-corrected chi connectivity index (χ1v) is 1.75. The molecule has 0 aromatic carbocycles. The molecule has 0 radical (unpaired) electrons. The van der Waals surface area contributed by atoms with Crippen molar-refractivity contribution in [2.75, 3.05) is 0 Å². The Balaban J connectivity index is -0.00000000762. The minimum atomic E-state index is -6.00. The molecule has 0 amide bonds. The summed E-state index contributed by atoms with van der Waals surface area (Å²) in [5.74, 6) is 0. The van der Waals surface area contributed by atoms with Crippen LogP contribution in [0.1, 0.15) is 0 Å². The topological polar surface area (TPSA) is 210 Å². The molecule has 17 heteroatoms. The van der Waals surface area contributed by atoms with Crippen molar-refractivity contribution in [3.8, 4) is 0 Å². The molecule has 0 saturated heterocycles. The number of halogens is 8. The van der Waals surface area contributed by atoms with Gasteiger partial charge in [0.2, 0.25) is 0 Å². The fourth-order valence-corrected chi connectivity index (χ4v) is 0. The molecule has 0 aliphatic heterocycles. The van der Waals surface area contributed by atoms with Crippen LogP contribution in [0.3, 0.4) is 0 Å². The summed E-state index contributed by atoms with van der Waals surface area (Å²) in [7, 11) is -12.0. The van der Waals surface area contributed by atoms with Crippen LogP contribution in [0.5, 0.6) is 0 Å². The monoisotopic (exact) mass is 334 g/mol. The first-order valence-electron chi connectivity index (χ1n) is 1.75. The van der Waals surface area contributed by atoms with E-state index in [2.05, 4.69) is 0 Å². The van der Waals surface area contributed by atoms with Crippen molar-refractivity contribution in [3.63, 3.8) is 0 Å². The summed E-state index contributed by atoms with van der Waals surface area (Å²) in [6, 6.07) is 0. The third-order valence-electron chi connectivity index (χ3n) is 0. The molecule has 0 aromatic rings. The molecule has 0 fully saturated rings. The summed E-state index contributed by atoms with van der Waals surface area (Å²) >= 11 is 0. The van der Waals surface area contributed by atoms with Crippen LogP contribution >= 0.6 is 0 Å². The van der Waals surface area contributed by atoms with Crippen LogP contribution in [0.15, 0.2) is 0 Å². The van der Waals surface area contributed by atoms with E-state index in [1.54, 1.807) is 0 Å². The maximum Gasteiger partial charge on any atom is 2.00 e. The Morgan fingerprint density at radius 3 is 0.353 bits per heavy atom. The number of hydrogen-bond donors (Lipinski definition) is 6. The van der Waals surface area contributed by atoms with Crippen molar-refractivity contribution in [3.05, 3.63) is 0 Å². The quantitative estimate of drug-likeness (QED) is 0.287. The first kappa shape index (κ1) is 68.8. The average molecular weight is 334 g/mol. The van der Waals surface area contributed by atoms with Gasteiger partial charge in [-0.3, -0.25) is 0 Å². The van der Waals surface area contributed by atoms with Gasteiger partial charge in [-0.1, -0.05) is 0 Å². The van der Waals surface area contributed by atoms with Crippen molar-refractivity contribution in [1.29, 1.82) is 0 Å². The summed E-state index contributed by atoms with van der Waals surface area (Å²) in [6.07, 6.45) is 0. The van der Waals surface area contributed by atoms with Crippen LogP contribution in [-0.2, 0) is 16.5 Å². The van der Waals surface area contributed by atoms with E-state index in [1.165, 1.54) is 0 Å². The van der Waals surface area contributed by atoms with Gasteiger partial charge in [-0.15, -0.1) is 0 Å². The normalized spacial score (nSPS) is 7.06. The minimum absolute atomic E-state index is 0. The fraction of sp³-hybridized carbons (Fsp3) is 0. The molecule has 0 aliphatic rings. The molecule has 0 atom stereocenters. The van der Waals surface area contributed by atoms with Gasteiger partial charge in [0, 0.05) is 0 Å². The van der Waals surface area contributed by atoms with E-state index in [0.717, 1.165) is 0 Å². The molecule has 120 valence electrons. The van der Waals surface area contributed by atoms with E-state index in [4.69, 9.17) is 0 Å². The Bertz CT molecular complexity index is 71.0. The van der Waals surface area contributed by atoms with Gasteiger partial charge in [0.15, 0.2) is 0 Å². The Morgan fingerprint density at radius 1 is 0.353 bits per heavy atom. The second-order valence-corrected chi connectivity index (χ2v) is 0.990.